The molecule has 2 aliphatic rings. The van der Waals surface area contributed by atoms with Gasteiger partial charge in [0.15, 0.2) is 0 Å². The first-order valence-corrected chi connectivity index (χ1v) is 11.2. The van der Waals surface area contributed by atoms with Crippen molar-refractivity contribution < 1.29 is 9.59 Å². The van der Waals surface area contributed by atoms with Crippen LogP contribution in [0.3, 0.4) is 0 Å². The van der Waals surface area contributed by atoms with Gasteiger partial charge in [0.1, 0.15) is 5.82 Å². The number of aromatic nitrogens is 1. The zero-order valence-corrected chi connectivity index (χ0v) is 18.1. The Kier molecular flexibility index (Phi) is 7.90. The lowest BCUT2D eigenvalue weighted by molar-refractivity contribution is -0.133. The summed E-state index contributed by atoms with van der Waals surface area (Å²) in [5.41, 5.74) is 0. The van der Waals surface area contributed by atoms with Crippen LogP contribution in [-0.4, -0.2) is 65.9 Å². The number of carbonyl (C=O) groups is 2. The molecule has 0 aromatic carbocycles. The molecule has 0 unspecified atom stereocenters. The van der Waals surface area contributed by atoms with Crippen molar-refractivity contribution in [3.05, 3.63) is 24.4 Å². The second-order valence-corrected chi connectivity index (χ2v) is 8.87. The number of anilines is 1. The first-order valence-electron chi connectivity index (χ1n) is 11.2. The van der Waals surface area contributed by atoms with Gasteiger partial charge in [0.05, 0.1) is 0 Å². The molecule has 160 valence electrons. The minimum Gasteiger partial charge on any atom is -0.353 e. The standard InChI is InChI=1S/C23H36N4O2/c1-19(2)8-10-23(29)27-13-5-6-20(18-27)9-11-22(28)26-16-14-25(15-17-26)21-7-3-4-12-24-21/h3-4,7,12,19-20H,5-6,8-11,13-18H2,1-2H3/t20-/m0/s1. The molecular weight excluding hydrogens is 364 g/mol. The van der Waals surface area contributed by atoms with E-state index in [1.807, 2.05) is 34.2 Å². The number of carbonyl (C=O) groups excluding carboxylic acids is 2. The van der Waals surface area contributed by atoms with E-state index >= 15 is 0 Å². The number of hydrogen-bond acceptors (Lipinski definition) is 4. The van der Waals surface area contributed by atoms with Crippen LogP contribution in [0, 0.1) is 11.8 Å². The lowest BCUT2D eigenvalue weighted by atomic mass is 9.92. The van der Waals surface area contributed by atoms with E-state index in [1.165, 1.54) is 0 Å². The Labute approximate surface area is 175 Å². The molecule has 1 aromatic rings. The molecule has 0 bridgehead atoms. The number of piperazine rings is 1. The molecule has 0 N–H and O–H groups in total. The normalized spacial score (nSPS) is 20.2. The Morgan fingerprint density at radius 2 is 1.79 bits per heavy atom. The van der Waals surface area contributed by atoms with Gasteiger partial charge in [-0.25, -0.2) is 4.98 Å². The highest BCUT2D eigenvalue weighted by Gasteiger charge is 2.26. The summed E-state index contributed by atoms with van der Waals surface area (Å²) >= 11 is 0. The first kappa shape index (κ1) is 21.6. The van der Waals surface area contributed by atoms with E-state index in [2.05, 4.69) is 23.7 Å². The molecule has 1 aromatic heterocycles. The Morgan fingerprint density at radius 3 is 2.48 bits per heavy atom. The van der Waals surface area contributed by atoms with Crippen molar-refractivity contribution in [2.24, 2.45) is 11.8 Å². The molecule has 1 atom stereocenters. The van der Waals surface area contributed by atoms with Gasteiger partial charge in [-0.1, -0.05) is 19.9 Å². The van der Waals surface area contributed by atoms with Crippen molar-refractivity contribution in [1.82, 2.24) is 14.8 Å². The molecule has 0 saturated carbocycles. The van der Waals surface area contributed by atoms with E-state index < -0.39 is 0 Å². The van der Waals surface area contributed by atoms with Crippen LogP contribution in [0.5, 0.6) is 0 Å². The lowest BCUT2D eigenvalue weighted by Crippen LogP contribution is -2.49. The summed E-state index contributed by atoms with van der Waals surface area (Å²) in [6.07, 6.45) is 7.12. The van der Waals surface area contributed by atoms with Crippen molar-refractivity contribution in [2.75, 3.05) is 44.2 Å². The number of piperidine rings is 1. The molecule has 3 rings (SSSR count). The molecule has 2 amide bonds. The topological polar surface area (TPSA) is 56.8 Å². The van der Waals surface area contributed by atoms with E-state index in [0.717, 1.165) is 70.8 Å². The van der Waals surface area contributed by atoms with Gasteiger partial charge in [-0.3, -0.25) is 9.59 Å². The highest BCUT2D eigenvalue weighted by molar-refractivity contribution is 5.77. The van der Waals surface area contributed by atoms with Crippen molar-refractivity contribution >= 4 is 17.6 Å². The van der Waals surface area contributed by atoms with Crippen LogP contribution in [0.4, 0.5) is 5.82 Å². The SMILES string of the molecule is CC(C)CCC(=O)N1CCC[C@@H](CCC(=O)N2CCN(c3ccccn3)CC2)C1. The third kappa shape index (κ3) is 6.44. The molecule has 2 saturated heterocycles. The van der Waals surface area contributed by atoms with E-state index in [0.29, 0.717) is 30.6 Å². The third-order valence-electron chi connectivity index (χ3n) is 6.18. The van der Waals surface area contributed by atoms with Gasteiger partial charge in [-0.2, -0.15) is 0 Å². The minimum absolute atomic E-state index is 0.258. The lowest BCUT2D eigenvalue weighted by Gasteiger charge is -2.36. The highest BCUT2D eigenvalue weighted by Crippen LogP contribution is 2.23. The molecule has 6 nitrogen and oxygen atoms in total. The van der Waals surface area contributed by atoms with E-state index in [1.54, 1.807) is 0 Å². The average molecular weight is 401 g/mol. The Hall–Kier alpha value is -2.11. The zero-order chi connectivity index (χ0) is 20.6. The third-order valence-corrected chi connectivity index (χ3v) is 6.18. The molecular formula is C23H36N4O2. The number of amides is 2. The van der Waals surface area contributed by atoms with Gasteiger partial charge in [-0.05, 0) is 49.7 Å². The van der Waals surface area contributed by atoms with Crippen molar-refractivity contribution in [3.63, 3.8) is 0 Å². The maximum atomic E-state index is 12.7. The quantitative estimate of drug-likeness (QED) is 0.705. The van der Waals surface area contributed by atoms with Gasteiger partial charge >= 0.3 is 0 Å². The van der Waals surface area contributed by atoms with Crippen LogP contribution < -0.4 is 4.90 Å². The minimum atomic E-state index is 0.258. The number of rotatable bonds is 7. The molecule has 0 spiro atoms. The Balaban J connectivity index is 1.38. The average Bonchev–Trinajstić information content (AvgIpc) is 2.76. The number of likely N-dealkylation sites (tertiary alicyclic amines) is 1. The second-order valence-electron chi connectivity index (χ2n) is 8.87. The summed E-state index contributed by atoms with van der Waals surface area (Å²) in [7, 11) is 0. The van der Waals surface area contributed by atoms with Gasteiger partial charge in [0.25, 0.3) is 0 Å². The van der Waals surface area contributed by atoms with Crippen LogP contribution in [0.1, 0.15) is 52.4 Å². The highest BCUT2D eigenvalue weighted by atomic mass is 16.2. The van der Waals surface area contributed by atoms with E-state index in [-0.39, 0.29) is 5.91 Å². The number of hydrogen-bond donors (Lipinski definition) is 0. The smallest absolute Gasteiger partial charge is 0.222 e. The fraction of sp³-hybridized carbons (Fsp3) is 0.696. The molecule has 6 heteroatoms. The van der Waals surface area contributed by atoms with Crippen molar-refractivity contribution in [3.8, 4) is 0 Å². The molecule has 2 aliphatic heterocycles. The number of nitrogens with zero attached hydrogens (tertiary/aromatic N) is 4. The summed E-state index contributed by atoms with van der Waals surface area (Å²) < 4.78 is 0. The van der Waals surface area contributed by atoms with Crippen LogP contribution in [0.25, 0.3) is 0 Å². The van der Waals surface area contributed by atoms with Gasteiger partial charge < -0.3 is 14.7 Å². The largest absolute Gasteiger partial charge is 0.353 e. The molecule has 3 heterocycles. The summed E-state index contributed by atoms with van der Waals surface area (Å²) in [4.78, 5) is 35.8. The van der Waals surface area contributed by atoms with Crippen LogP contribution in [-0.2, 0) is 9.59 Å². The zero-order valence-electron chi connectivity index (χ0n) is 18.1. The molecule has 29 heavy (non-hydrogen) atoms. The summed E-state index contributed by atoms with van der Waals surface area (Å²) in [5, 5.41) is 0. The molecule has 2 fully saturated rings. The maximum Gasteiger partial charge on any atom is 0.222 e. The molecule has 0 aliphatic carbocycles. The van der Waals surface area contributed by atoms with Crippen LogP contribution in [0.2, 0.25) is 0 Å². The fourth-order valence-corrected chi connectivity index (χ4v) is 4.31. The first-order chi connectivity index (χ1) is 14.0. The van der Waals surface area contributed by atoms with E-state index in [4.69, 9.17) is 0 Å². The summed E-state index contributed by atoms with van der Waals surface area (Å²) in [5.74, 6) is 2.57. The van der Waals surface area contributed by atoms with Gasteiger partial charge in [-0.15, -0.1) is 0 Å². The maximum absolute atomic E-state index is 12.7. The Morgan fingerprint density at radius 1 is 1.03 bits per heavy atom. The van der Waals surface area contributed by atoms with Crippen LogP contribution in [0.15, 0.2) is 24.4 Å². The monoisotopic (exact) mass is 400 g/mol. The second kappa shape index (κ2) is 10.6. The fourth-order valence-electron chi connectivity index (χ4n) is 4.31. The number of pyridine rings is 1. The van der Waals surface area contributed by atoms with E-state index in [9.17, 15) is 9.59 Å². The van der Waals surface area contributed by atoms with Crippen molar-refractivity contribution in [2.45, 2.75) is 52.4 Å². The summed E-state index contributed by atoms with van der Waals surface area (Å²) in [6.45, 7) is 9.24. The molecule has 0 radical (unpaired) electrons. The van der Waals surface area contributed by atoms with Gasteiger partial charge in [0, 0.05) is 58.3 Å². The predicted octanol–water partition coefficient (Wildman–Crippen LogP) is 3.19. The van der Waals surface area contributed by atoms with Gasteiger partial charge in [0.2, 0.25) is 11.8 Å². The van der Waals surface area contributed by atoms with Crippen LogP contribution >= 0.6 is 0 Å². The Bertz CT molecular complexity index is 656. The predicted molar refractivity (Wildman–Crippen MR) is 116 cm³/mol. The summed E-state index contributed by atoms with van der Waals surface area (Å²) in [6, 6.07) is 5.95. The van der Waals surface area contributed by atoms with Crippen molar-refractivity contribution in [1.29, 1.82) is 0 Å².